The highest BCUT2D eigenvalue weighted by Crippen LogP contribution is 2.61. The molecule has 4 atom stereocenters. The summed E-state index contributed by atoms with van der Waals surface area (Å²) < 4.78 is 17.4. The number of hydrogen-bond donors (Lipinski definition) is 1. The van der Waals surface area contributed by atoms with Gasteiger partial charge in [0.1, 0.15) is 0 Å². The van der Waals surface area contributed by atoms with Gasteiger partial charge in [0.2, 0.25) is 0 Å². The van der Waals surface area contributed by atoms with Crippen LogP contribution in [0.25, 0.3) is 0 Å². The first-order chi connectivity index (χ1) is 7.61. The lowest BCUT2D eigenvalue weighted by atomic mass is 10.3. The summed E-state index contributed by atoms with van der Waals surface area (Å²) in [6.07, 6.45) is 4.99. The lowest BCUT2D eigenvalue weighted by molar-refractivity contribution is 0.470. The van der Waals surface area contributed by atoms with Gasteiger partial charge < -0.3 is 0 Å². The zero-order valence-corrected chi connectivity index (χ0v) is 11.1. The molecule has 16 heavy (non-hydrogen) atoms. The van der Waals surface area contributed by atoms with E-state index in [9.17, 15) is 4.57 Å². The molecule has 3 aliphatic rings. The van der Waals surface area contributed by atoms with E-state index in [-0.39, 0.29) is 0 Å². The van der Waals surface area contributed by atoms with Gasteiger partial charge in [-0.15, -0.1) is 0 Å². The van der Waals surface area contributed by atoms with Crippen molar-refractivity contribution < 1.29 is 4.57 Å². The molecule has 0 radical (unpaired) electrons. The van der Waals surface area contributed by atoms with Crippen molar-refractivity contribution in [2.45, 2.75) is 57.7 Å². The Kier molecular flexibility index (Phi) is 2.67. The predicted molar refractivity (Wildman–Crippen MR) is 65.3 cm³/mol. The minimum atomic E-state index is -2.39. The minimum absolute atomic E-state index is 0.492. The molecule has 0 aromatic heterocycles. The van der Waals surface area contributed by atoms with E-state index in [4.69, 9.17) is 0 Å². The molecule has 4 nitrogen and oxygen atoms in total. The molecule has 92 valence electrons. The molecule has 1 aliphatic carbocycles. The Morgan fingerprint density at radius 2 is 1.50 bits per heavy atom. The molecule has 1 N–H and O–H groups in total. The Hall–Kier alpha value is 0.110. The van der Waals surface area contributed by atoms with Crippen LogP contribution in [0.2, 0.25) is 0 Å². The highest BCUT2D eigenvalue weighted by Gasteiger charge is 2.55. The van der Waals surface area contributed by atoms with Crippen molar-refractivity contribution in [2.24, 2.45) is 0 Å². The molecule has 5 heteroatoms. The highest BCUT2D eigenvalue weighted by molar-refractivity contribution is 7.57. The third-order valence-electron chi connectivity index (χ3n) is 4.06. The van der Waals surface area contributed by atoms with Crippen LogP contribution in [-0.4, -0.2) is 40.6 Å². The smallest absolute Gasteiger partial charge is 0.270 e. The molecule has 4 unspecified atom stereocenters. The van der Waals surface area contributed by atoms with E-state index in [0.717, 1.165) is 13.1 Å². The first kappa shape index (κ1) is 11.2. The lowest BCUT2D eigenvalue weighted by Crippen LogP contribution is -2.30. The molecule has 0 aromatic rings. The van der Waals surface area contributed by atoms with Crippen LogP contribution >= 0.6 is 7.59 Å². The van der Waals surface area contributed by atoms with Gasteiger partial charge in [-0.1, -0.05) is 12.8 Å². The van der Waals surface area contributed by atoms with Crippen LogP contribution in [-0.2, 0) is 4.57 Å². The van der Waals surface area contributed by atoms with Gasteiger partial charge in [-0.2, -0.15) is 0 Å². The van der Waals surface area contributed by atoms with Crippen LogP contribution in [0.15, 0.2) is 0 Å². The summed E-state index contributed by atoms with van der Waals surface area (Å²) >= 11 is 0. The van der Waals surface area contributed by atoms with Crippen LogP contribution < -0.4 is 5.09 Å². The van der Waals surface area contributed by atoms with E-state index in [1.54, 1.807) is 0 Å². The van der Waals surface area contributed by atoms with Gasteiger partial charge in [0.25, 0.3) is 7.59 Å². The van der Waals surface area contributed by atoms with Gasteiger partial charge in [-0.3, -0.25) is 4.57 Å². The normalized spacial score (nSPS) is 46.6. The fourth-order valence-electron chi connectivity index (χ4n) is 2.79. The predicted octanol–water partition coefficient (Wildman–Crippen LogP) is 2.03. The first-order valence-corrected chi connectivity index (χ1v) is 8.14. The summed E-state index contributed by atoms with van der Waals surface area (Å²) in [5.41, 5.74) is 0. The number of hydrogen-bond acceptors (Lipinski definition) is 1. The molecule has 0 spiro atoms. The van der Waals surface area contributed by atoms with Crippen LogP contribution in [0.5, 0.6) is 0 Å². The van der Waals surface area contributed by atoms with Crippen molar-refractivity contribution >= 4 is 7.59 Å². The van der Waals surface area contributed by atoms with Crippen LogP contribution in [0.3, 0.4) is 0 Å². The minimum Gasteiger partial charge on any atom is -0.270 e. The summed E-state index contributed by atoms with van der Waals surface area (Å²) in [5.74, 6) is 0. The molecule has 3 rings (SSSR count). The van der Waals surface area contributed by atoms with Gasteiger partial charge in [0, 0.05) is 31.2 Å². The van der Waals surface area contributed by atoms with Gasteiger partial charge in [0.05, 0.1) is 0 Å². The Bertz CT molecular complexity index is 309. The Balaban J connectivity index is 1.71. The average molecular weight is 243 g/mol. The Morgan fingerprint density at radius 1 is 1.06 bits per heavy atom. The van der Waals surface area contributed by atoms with Crippen LogP contribution in [0.4, 0.5) is 0 Å². The summed E-state index contributed by atoms with van der Waals surface area (Å²) in [7, 11) is -2.39. The summed E-state index contributed by atoms with van der Waals surface area (Å²) in [4.78, 5) is 0. The van der Waals surface area contributed by atoms with Crippen molar-refractivity contribution in [1.29, 1.82) is 0 Å². The van der Waals surface area contributed by atoms with Crippen molar-refractivity contribution in [1.82, 2.24) is 14.4 Å². The van der Waals surface area contributed by atoms with Crippen molar-refractivity contribution in [3.8, 4) is 0 Å². The second kappa shape index (κ2) is 3.81. The highest BCUT2D eigenvalue weighted by atomic mass is 31.2. The van der Waals surface area contributed by atoms with Gasteiger partial charge in [0.15, 0.2) is 0 Å². The van der Waals surface area contributed by atoms with Crippen LogP contribution in [0, 0.1) is 0 Å². The Morgan fingerprint density at radius 3 is 1.88 bits per heavy atom. The molecule has 2 saturated heterocycles. The summed E-state index contributed by atoms with van der Waals surface area (Å²) in [5, 5.41) is 3.48. The molecule has 0 amide bonds. The van der Waals surface area contributed by atoms with Gasteiger partial charge in [-0.05, 0) is 26.7 Å². The fraction of sp³-hybridized carbons (Fsp3) is 1.00. The SMILES string of the molecule is CC1CN1P(=O)(NC1CCCC1)N1CC1C. The maximum absolute atomic E-state index is 13.1. The molecular weight excluding hydrogens is 221 g/mol. The fourth-order valence-corrected chi connectivity index (χ4v) is 6.10. The quantitative estimate of drug-likeness (QED) is 0.605. The third-order valence-corrected chi connectivity index (χ3v) is 7.26. The summed E-state index contributed by atoms with van der Waals surface area (Å²) in [6, 6.07) is 1.51. The molecular formula is C11H22N3OP. The van der Waals surface area contributed by atoms with Gasteiger partial charge in [-0.25, -0.2) is 14.4 Å². The van der Waals surface area contributed by atoms with Gasteiger partial charge >= 0.3 is 0 Å². The zero-order chi connectivity index (χ0) is 11.3. The van der Waals surface area contributed by atoms with E-state index in [2.05, 4.69) is 28.3 Å². The largest absolute Gasteiger partial charge is 0.285 e. The molecule has 2 heterocycles. The number of nitrogens with one attached hydrogen (secondary N) is 1. The Labute approximate surface area is 97.9 Å². The molecule has 3 fully saturated rings. The zero-order valence-electron chi connectivity index (χ0n) is 10.2. The van der Waals surface area contributed by atoms with Crippen molar-refractivity contribution in [3.05, 3.63) is 0 Å². The van der Waals surface area contributed by atoms with E-state index in [1.165, 1.54) is 25.7 Å². The molecule has 0 bridgehead atoms. The van der Waals surface area contributed by atoms with Crippen molar-refractivity contribution in [2.75, 3.05) is 13.1 Å². The molecule has 0 aromatic carbocycles. The second-order valence-electron chi connectivity index (χ2n) is 5.60. The number of nitrogens with zero attached hydrogens (tertiary/aromatic N) is 2. The van der Waals surface area contributed by atoms with E-state index >= 15 is 0 Å². The van der Waals surface area contributed by atoms with E-state index < -0.39 is 7.59 Å². The second-order valence-corrected chi connectivity index (χ2v) is 7.97. The van der Waals surface area contributed by atoms with Crippen LogP contribution in [0.1, 0.15) is 39.5 Å². The molecule has 1 saturated carbocycles. The standard InChI is InChI=1S/C11H22N3OP/c1-9-7-13(9)16(15,14-8-10(14)2)12-11-5-3-4-6-11/h9-11H,3-8H2,1-2H3,(H,12,15). The van der Waals surface area contributed by atoms with E-state index in [1.807, 2.05) is 0 Å². The monoisotopic (exact) mass is 243 g/mol. The number of rotatable bonds is 4. The maximum atomic E-state index is 13.1. The maximum Gasteiger partial charge on any atom is 0.285 e. The first-order valence-electron chi connectivity index (χ1n) is 6.53. The third kappa shape index (κ3) is 1.86. The lowest BCUT2D eigenvalue weighted by Gasteiger charge is -2.26. The topological polar surface area (TPSA) is 35.1 Å². The molecule has 2 aliphatic heterocycles. The van der Waals surface area contributed by atoms with E-state index in [0.29, 0.717) is 18.1 Å². The summed E-state index contributed by atoms with van der Waals surface area (Å²) in [6.45, 7) is 6.33. The van der Waals surface area contributed by atoms with Crippen molar-refractivity contribution in [3.63, 3.8) is 0 Å². The average Bonchev–Trinajstić information content (AvgIpc) is 3.08.